The first kappa shape index (κ1) is 17.7. The van der Waals surface area contributed by atoms with Crippen LogP contribution >= 0.6 is 0 Å². The van der Waals surface area contributed by atoms with E-state index in [4.69, 9.17) is 9.15 Å². The van der Waals surface area contributed by atoms with Gasteiger partial charge in [0.25, 0.3) is 5.91 Å². The van der Waals surface area contributed by atoms with Crippen molar-refractivity contribution in [3.63, 3.8) is 0 Å². The zero-order valence-corrected chi connectivity index (χ0v) is 15.0. The number of nitrogens with zero attached hydrogens (tertiary/aromatic N) is 3. The number of benzene rings is 2. The van der Waals surface area contributed by atoms with Crippen LogP contribution in [0.4, 0.5) is 11.4 Å². The smallest absolute Gasteiger partial charge is 0.262 e. The van der Waals surface area contributed by atoms with Crippen LogP contribution in [0.15, 0.2) is 59.3 Å². The van der Waals surface area contributed by atoms with Crippen molar-refractivity contribution < 1.29 is 18.7 Å². The number of carbonyl (C=O) groups is 2. The molecule has 1 aliphatic rings. The SMILES string of the molecule is O=C(COc1ccc(-c2nnco2)cc1)Nc1cccc(N2CCCC2=O)c1. The van der Waals surface area contributed by atoms with Crippen molar-refractivity contribution in [2.75, 3.05) is 23.4 Å². The van der Waals surface area contributed by atoms with E-state index in [0.717, 1.165) is 17.7 Å². The first-order chi connectivity index (χ1) is 13.7. The van der Waals surface area contributed by atoms with Gasteiger partial charge in [-0.2, -0.15) is 0 Å². The van der Waals surface area contributed by atoms with Gasteiger partial charge >= 0.3 is 0 Å². The average Bonchev–Trinajstić information content (AvgIpc) is 3.39. The molecule has 0 bridgehead atoms. The molecular formula is C20H18N4O4. The minimum absolute atomic E-state index is 0.107. The van der Waals surface area contributed by atoms with Crippen LogP contribution in [0.1, 0.15) is 12.8 Å². The second kappa shape index (κ2) is 7.91. The minimum Gasteiger partial charge on any atom is -0.484 e. The van der Waals surface area contributed by atoms with E-state index in [1.807, 2.05) is 12.1 Å². The Kier molecular flexibility index (Phi) is 5.01. The number of anilines is 2. The van der Waals surface area contributed by atoms with E-state index in [0.29, 0.717) is 30.3 Å². The van der Waals surface area contributed by atoms with E-state index < -0.39 is 0 Å². The molecule has 0 unspecified atom stereocenters. The summed E-state index contributed by atoms with van der Waals surface area (Å²) in [6.07, 6.45) is 2.68. The molecule has 3 aromatic rings. The topological polar surface area (TPSA) is 97.6 Å². The quantitative estimate of drug-likeness (QED) is 0.708. The third kappa shape index (κ3) is 4.01. The number of nitrogens with one attached hydrogen (secondary N) is 1. The van der Waals surface area contributed by atoms with Crippen molar-refractivity contribution in [1.82, 2.24) is 10.2 Å². The Morgan fingerprint density at radius 1 is 1.21 bits per heavy atom. The van der Waals surface area contributed by atoms with Gasteiger partial charge in [-0.25, -0.2) is 0 Å². The molecule has 0 atom stereocenters. The lowest BCUT2D eigenvalue weighted by Crippen LogP contribution is -2.24. The fraction of sp³-hybridized carbons (Fsp3) is 0.200. The number of amides is 2. The minimum atomic E-state index is -0.286. The third-order valence-electron chi connectivity index (χ3n) is 4.35. The highest BCUT2D eigenvalue weighted by molar-refractivity contribution is 5.97. The number of rotatable bonds is 6. The third-order valence-corrected chi connectivity index (χ3v) is 4.35. The van der Waals surface area contributed by atoms with E-state index in [2.05, 4.69) is 15.5 Å². The summed E-state index contributed by atoms with van der Waals surface area (Å²) in [5.74, 6) is 0.789. The monoisotopic (exact) mass is 378 g/mol. The van der Waals surface area contributed by atoms with Crippen molar-refractivity contribution in [2.45, 2.75) is 12.8 Å². The average molecular weight is 378 g/mol. The standard InChI is InChI=1S/C20H18N4O4/c25-18(12-27-17-8-6-14(7-9-17)20-23-21-13-28-20)22-15-3-1-4-16(11-15)24-10-2-5-19(24)26/h1,3-4,6-9,11,13H,2,5,10,12H2,(H,22,25). The molecule has 1 aliphatic heterocycles. The highest BCUT2D eigenvalue weighted by Crippen LogP contribution is 2.24. The molecule has 1 saturated heterocycles. The van der Waals surface area contributed by atoms with Crippen molar-refractivity contribution in [2.24, 2.45) is 0 Å². The molecule has 2 aromatic carbocycles. The van der Waals surface area contributed by atoms with Gasteiger partial charge in [-0.15, -0.1) is 10.2 Å². The first-order valence-electron chi connectivity index (χ1n) is 8.89. The second-order valence-electron chi connectivity index (χ2n) is 6.30. The molecule has 8 heteroatoms. The van der Waals surface area contributed by atoms with Crippen LogP contribution in [-0.2, 0) is 9.59 Å². The molecule has 1 fully saturated rings. The van der Waals surface area contributed by atoms with E-state index >= 15 is 0 Å². The lowest BCUT2D eigenvalue weighted by atomic mass is 10.2. The van der Waals surface area contributed by atoms with Gasteiger partial charge in [-0.3, -0.25) is 9.59 Å². The predicted molar refractivity (Wildman–Crippen MR) is 102 cm³/mol. The Labute approximate surface area is 161 Å². The summed E-state index contributed by atoms with van der Waals surface area (Å²) in [7, 11) is 0. The molecule has 28 heavy (non-hydrogen) atoms. The summed E-state index contributed by atoms with van der Waals surface area (Å²) >= 11 is 0. The lowest BCUT2D eigenvalue weighted by Gasteiger charge is -2.16. The molecule has 2 heterocycles. The van der Waals surface area contributed by atoms with Gasteiger partial charge in [0.1, 0.15) is 5.75 Å². The number of aromatic nitrogens is 2. The Hall–Kier alpha value is -3.68. The van der Waals surface area contributed by atoms with Gasteiger partial charge in [-0.05, 0) is 48.9 Å². The summed E-state index contributed by atoms with van der Waals surface area (Å²) in [6, 6.07) is 14.3. The van der Waals surface area contributed by atoms with E-state index in [1.54, 1.807) is 41.3 Å². The van der Waals surface area contributed by atoms with Crippen molar-refractivity contribution in [1.29, 1.82) is 0 Å². The zero-order valence-electron chi connectivity index (χ0n) is 15.0. The zero-order chi connectivity index (χ0) is 19.3. The van der Waals surface area contributed by atoms with Crippen LogP contribution in [0.3, 0.4) is 0 Å². The largest absolute Gasteiger partial charge is 0.484 e. The van der Waals surface area contributed by atoms with E-state index in [9.17, 15) is 9.59 Å². The maximum absolute atomic E-state index is 12.2. The maximum atomic E-state index is 12.2. The molecule has 0 spiro atoms. The number of carbonyl (C=O) groups excluding carboxylic acids is 2. The first-order valence-corrected chi connectivity index (χ1v) is 8.89. The van der Waals surface area contributed by atoms with Crippen LogP contribution in [-0.4, -0.2) is 35.2 Å². The van der Waals surface area contributed by atoms with Gasteiger partial charge in [0, 0.05) is 29.9 Å². The summed E-state index contributed by atoms with van der Waals surface area (Å²) in [6.45, 7) is 0.575. The van der Waals surface area contributed by atoms with Crippen molar-refractivity contribution in [3.05, 3.63) is 54.9 Å². The van der Waals surface area contributed by atoms with Gasteiger partial charge in [0.05, 0.1) is 0 Å². The Balaban J connectivity index is 1.33. The lowest BCUT2D eigenvalue weighted by molar-refractivity contribution is -0.118. The van der Waals surface area contributed by atoms with Crippen molar-refractivity contribution in [3.8, 4) is 17.2 Å². The predicted octanol–water partition coefficient (Wildman–Crippen LogP) is 2.88. The van der Waals surface area contributed by atoms with Crippen LogP contribution in [0.25, 0.3) is 11.5 Å². The van der Waals surface area contributed by atoms with Crippen LogP contribution in [0.5, 0.6) is 5.75 Å². The van der Waals surface area contributed by atoms with E-state index in [-0.39, 0.29) is 18.4 Å². The summed E-state index contributed by atoms with van der Waals surface area (Å²) in [5, 5.41) is 10.3. The number of ether oxygens (including phenoxy) is 1. The highest BCUT2D eigenvalue weighted by Gasteiger charge is 2.21. The van der Waals surface area contributed by atoms with Gasteiger partial charge in [0.15, 0.2) is 6.61 Å². The molecule has 1 aromatic heterocycles. The normalized spacial score (nSPS) is 13.6. The van der Waals surface area contributed by atoms with Gasteiger partial charge in [-0.1, -0.05) is 6.07 Å². The van der Waals surface area contributed by atoms with Gasteiger partial charge in [0.2, 0.25) is 18.2 Å². The number of hydrogen-bond acceptors (Lipinski definition) is 6. The molecule has 2 amide bonds. The highest BCUT2D eigenvalue weighted by atomic mass is 16.5. The molecule has 0 aliphatic carbocycles. The fourth-order valence-electron chi connectivity index (χ4n) is 3.01. The van der Waals surface area contributed by atoms with Crippen molar-refractivity contribution >= 4 is 23.2 Å². The Bertz CT molecular complexity index is 970. The molecule has 0 radical (unpaired) electrons. The van der Waals surface area contributed by atoms with Crippen LogP contribution < -0.4 is 15.0 Å². The maximum Gasteiger partial charge on any atom is 0.262 e. The Morgan fingerprint density at radius 2 is 2.07 bits per heavy atom. The molecular weight excluding hydrogens is 360 g/mol. The molecule has 4 rings (SSSR count). The molecule has 1 N–H and O–H groups in total. The molecule has 0 saturated carbocycles. The summed E-state index contributed by atoms with van der Waals surface area (Å²) < 4.78 is 10.6. The van der Waals surface area contributed by atoms with Gasteiger partial charge < -0.3 is 19.4 Å². The summed E-state index contributed by atoms with van der Waals surface area (Å²) in [5.41, 5.74) is 2.18. The van der Waals surface area contributed by atoms with Crippen LogP contribution in [0, 0.1) is 0 Å². The molecule has 8 nitrogen and oxygen atoms in total. The van der Waals surface area contributed by atoms with Crippen LogP contribution in [0.2, 0.25) is 0 Å². The number of hydrogen-bond donors (Lipinski definition) is 1. The molecule has 142 valence electrons. The fourth-order valence-corrected chi connectivity index (χ4v) is 3.01. The summed E-state index contributed by atoms with van der Waals surface area (Å²) in [4.78, 5) is 25.8. The Morgan fingerprint density at radius 3 is 2.79 bits per heavy atom. The second-order valence-corrected chi connectivity index (χ2v) is 6.30. The van der Waals surface area contributed by atoms with E-state index in [1.165, 1.54) is 6.39 Å².